The van der Waals surface area contributed by atoms with Crippen LogP contribution in [-0.2, 0) is 4.79 Å². The molecule has 2 heterocycles. The van der Waals surface area contributed by atoms with Crippen molar-refractivity contribution in [3.05, 3.63) is 0 Å². The average molecular weight is 356 g/mol. The Hall–Kier alpha value is -1.35. The van der Waals surface area contributed by atoms with Crippen molar-refractivity contribution >= 4 is 40.4 Å². The van der Waals surface area contributed by atoms with Gasteiger partial charge in [0.2, 0.25) is 10.3 Å². The lowest BCUT2D eigenvalue weighted by Crippen LogP contribution is -2.38. The number of likely N-dealkylation sites (tertiary alicyclic amines) is 1. The Morgan fingerprint density at radius 3 is 3.09 bits per heavy atom. The van der Waals surface area contributed by atoms with Crippen LogP contribution in [0, 0.1) is 11.3 Å². The molecule has 2 amide bonds. The molecule has 0 spiro atoms. The molecule has 0 aromatic carbocycles. The van der Waals surface area contributed by atoms with E-state index < -0.39 is 11.4 Å². The Bertz CT molecular complexity index is 609. The first kappa shape index (κ1) is 16.5. The molecular formula is C14H20N4O3S2. The van der Waals surface area contributed by atoms with E-state index in [0.29, 0.717) is 23.3 Å². The minimum atomic E-state index is -0.774. The predicted octanol–water partition coefficient (Wildman–Crippen LogP) is 2.76. The molecule has 0 radical (unpaired) electrons. The molecule has 1 aliphatic carbocycles. The quantitative estimate of drug-likeness (QED) is 0.788. The van der Waals surface area contributed by atoms with Crippen molar-refractivity contribution in [1.29, 1.82) is 0 Å². The Labute approximate surface area is 143 Å². The Morgan fingerprint density at radius 1 is 1.57 bits per heavy atom. The van der Waals surface area contributed by atoms with Gasteiger partial charge in [-0.1, -0.05) is 25.1 Å². The topological polar surface area (TPSA) is 95.4 Å². The SMILES string of the molecule is CCCSc1nsc(NC(=O)N2C[C@@H]3CCC[C@@]3(C(=O)O)C2)n1. The van der Waals surface area contributed by atoms with E-state index in [1.54, 1.807) is 16.7 Å². The second-order valence-electron chi connectivity index (χ2n) is 6.09. The highest BCUT2D eigenvalue weighted by atomic mass is 32.2. The standard InChI is InChI=1S/C14H20N4O3S2/c1-2-6-22-12-15-11(23-17-12)16-13(21)18-7-9-4-3-5-14(9,8-18)10(19)20/h9H,2-8H2,1H3,(H,19,20)(H,15,16,17,21)/t9-,14+/m0/s1. The Balaban J connectivity index is 1.61. The lowest BCUT2D eigenvalue weighted by atomic mass is 9.81. The molecule has 1 aliphatic heterocycles. The van der Waals surface area contributed by atoms with Gasteiger partial charge in [0.25, 0.3) is 0 Å². The summed E-state index contributed by atoms with van der Waals surface area (Å²) in [5, 5.41) is 13.5. The summed E-state index contributed by atoms with van der Waals surface area (Å²) in [7, 11) is 0. The number of fused-ring (bicyclic) bond motifs is 1. The van der Waals surface area contributed by atoms with Crippen LogP contribution in [0.25, 0.3) is 0 Å². The van der Waals surface area contributed by atoms with Gasteiger partial charge in [-0.15, -0.1) is 0 Å². The van der Waals surface area contributed by atoms with E-state index in [1.807, 2.05) is 0 Å². The molecule has 1 aromatic heterocycles. The van der Waals surface area contributed by atoms with Gasteiger partial charge in [0.05, 0.1) is 5.41 Å². The van der Waals surface area contributed by atoms with Crippen molar-refractivity contribution < 1.29 is 14.7 Å². The number of nitrogens with one attached hydrogen (secondary N) is 1. The van der Waals surface area contributed by atoms with E-state index in [1.165, 1.54) is 0 Å². The van der Waals surface area contributed by atoms with Crippen LogP contribution in [-0.4, -0.2) is 50.2 Å². The molecular weight excluding hydrogens is 336 g/mol. The fourth-order valence-electron chi connectivity index (χ4n) is 3.48. The lowest BCUT2D eigenvalue weighted by Gasteiger charge is -2.23. The van der Waals surface area contributed by atoms with E-state index in [2.05, 4.69) is 21.6 Å². The Kier molecular flexibility index (Phi) is 4.77. The van der Waals surface area contributed by atoms with Crippen molar-refractivity contribution in [3.8, 4) is 0 Å². The summed E-state index contributed by atoms with van der Waals surface area (Å²) >= 11 is 2.72. The summed E-state index contributed by atoms with van der Waals surface area (Å²) in [4.78, 5) is 29.9. The van der Waals surface area contributed by atoms with E-state index in [4.69, 9.17) is 0 Å². The third-order valence-corrected chi connectivity index (χ3v) is 6.44. The number of aliphatic carboxylic acids is 1. The number of hydrogen-bond donors (Lipinski definition) is 2. The van der Waals surface area contributed by atoms with Gasteiger partial charge in [0, 0.05) is 30.4 Å². The number of carboxylic acids is 1. The van der Waals surface area contributed by atoms with Crippen LogP contribution in [0.3, 0.4) is 0 Å². The van der Waals surface area contributed by atoms with E-state index in [0.717, 1.165) is 36.5 Å². The first-order chi connectivity index (χ1) is 11.0. The normalized spacial score (nSPS) is 26.3. The van der Waals surface area contributed by atoms with Crippen molar-refractivity contribution in [1.82, 2.24) is 14.3 Å². The van der Waals surface area contributed by atoms with Gasteiger partial charge in [-0.2, -0.15) is 9.36 Å². The highest BCUT2D eigenvalue weighted by Crippen LogP contribution is 2.48. The summed E-state index contributed by atoms with van der Waals surface area (Å²) in [6.07, 6.45) is 3.51. The molecule has 7 nitrogen and oxygen atoms in total. The lowest BCUT2D eigenvalue weighted by molar-refractivity contribution is -0.149. The predicted molar refractivity (Wildman–Crippen MR) is 88.9 cm³/mol. The van der Waals surface area contributed by atoms with Gasteiger partial charge in [0.15, 0.2) is 0 Å². The minimum Gasteiger partial charge on any atom is -0.481 e. The molecule has 2 N–H and O–H groups in total. The maximum absolute atomic E-state index is 12.4. The second-order valence-corrected chi connectivity index (χ2v) is 7.91. The molecule has 9 heteroatoms. The molecule has 23 heavy (non-hydrogen) atoms. The van der Waals surface area contributed by atoms with Crippen molar-refractivity contribution in [2.45, 2.75) is 37.8 Å². The van der Waals surface area contributed by atoms with Crippen LogP contribution < -0.4 is 5.32 Å². The number of thioether (sulfide) groups is 1. The molecule has 2 aliphatic rings. The fraction of sp³-hybridized carbons (Fsp3) is 0.714. The number of hydrogen-bond acceptors (Lipinski definition) is 6. The smallest absolute Gasteiger partial charge is 0.323 e. The van der Waals surface area contributed by atoms with Crippen LogP contribution in [0.4, 0.5) is 9.93 Å². The molecule has 0 bridgehead atoms. The summed E-state index contributed by atoms with van der Waals surface area (Å²) < 4.78 is 4.20. The fourth-order valence-corrected chi connectivity index (χ4v) is 4.87. The highest BCUT2D eigenvalue weighted by Gasteiger charge is 2.55. The van der Waals surface area contributed by atoms with Crippen LogP contribution in [0.2, 0.25) is 0 Å². The van der Waals surface area contributed by atoms with Crippen LogP contribution in [0.15, 0.2) is 5.16 Å². The van der Waals surface area contributed by atoms with Gasteiger partial charge in [-0.25, -0.2) is 4.79 Å². The molecule has 2 atom stereocenters. The summed E-state index contributed by atoms with van der Waals surface area (Å²) in [5.74, 6) is 0.235. The van der Waals surface area contributed by atoms with E-state index >= 15 is 0 Å². The average Bonchev–Trinajstić information content (AvgIpc) is 3.18. The first-order valence-corrected chi connectivity index (χ1v) is 9.57. The number of aromatic nitrogens is 2. The van der Waals surface area contributed by atoms with Crippen LogP contribution in [0.1, 0.15) is 32.6 Å². The minimum absolute atomic E-state index is 0.0656. The van der Waals surface area contributed by atoms with E-state index in [9.17, 15) is 14.7 Å². The van der Waals surface area contributed by atoms with Crippen LogP contribution >= 0.6 is 23.3 Å². The van der Waals surface area contributed by atoms with Gasteiger partial charge >= 0.3 is 12.0 Å². The zero-order chi connectivity index (χ0) is 16.4. The van der Waals surface area contributed by atoms with Gasteiger partial charge in [-0.3, -0.25) is 10.1 Å². The maximum Gasteiger partial charge on any atom is 0.323 e. The third kappa shape index (κ3) is 3.16. The van der Waals surface area contributed by atoms with Crippen molar-refractivity contribution in [2.75, 3.05) is 24.2 Å². The molecule has 1 saturated carbocycles. The van der Waals surface area contributed by atoms with Gasteiger partial charge in [-0.05, 0) is 25.2 Å². The number of carboxylic acid groups (broad SMARTS) is 1. The largest absolute Gasteiger partial charge is 0.481 e. The van der Waals surface area contributed by atoms with Crippen LogP contribution in [0.5, 0.6) is 0 Å². The maximum atomic E-state index is 12.4. The molecule has 126 valence electrons. The number of nitrogens with zero attached hydrogens (tertiary/aromatic N) is 3. The molecule has 0 unspecified atom stereocenters. The summed E-state index contributed by atoms with van der Waals surface area (Å²) in [6, 6.07) is -0.275. The zero-order valence-corrected chi connectivity index (χ0v) is 14.6. The van der Waals surface area contributed by atoms with Crippen molar-refractivity contribution in [3.63, 3.8) is 0 Å². The van der Waals surface area contributed by atoms with Crippen molar-refractivity contribution in [2.24, 2.45) is 11.3 Å². The number of anilines is 1. The number of rotatable bonds is 5. The number of urea groups is 1. The molecule has 1 aromatic rings. The second kappa shape index (κ2) is 6.64. The van der Waals surface area contributed by atoms with E-state index in [-0.39, 0.29) is 18.5 Å². The molecule has 3 rings (SSSR count). The molecule has 2 fully saturated rings. The molecule has 1 saturated heterocycles. The number of carbonyl (C=O) groups is 2. The number of amides is 2. The Morgan fingerprint density at radius 2 is 2.39 bits per heavy atom. The zero-order valence-electron chi connectivity index (χ0n) is 12.9. The highest BCUT2D eigenvalue weighted by molar-refractivity contribution is 7.99. The van der Waals surface area contributed by atoms with Gasteiger partial charge in [0.1, 0.15) is 0 Å². The third-order valence-electron chi connectivity index (χ3n) is 4.64. The van der Waals surface area contributed by atoms with Gasteiger partial charge < -0.3 is 10.0 Å². The monoisotopic (exact) mass is 356 g/mol. The summed E-state index contributed by atoms with van der Waals surface area (Å²) in [6.45, 7) is 2.88. The first-order valence-electron chi connectivity index (χ1n) is 7.81. The summed E-state index contributed by atoms with van der Waals surface area (Å²) in [5.41, 5.74) is -0.749. The number of carbonyl (C=O) groups excluding carboxylic acids is 1.